The number of pyridine rings is 1. The lowest BCUT2D eigenvalue weighted by molar-refractivity contribution is 0.0204. The van der Waals surface area contributed by atoms with Gasteiger partial charge in [-0.2, -0.15) is 0 Å². The number of fused-ring (bicyclic) bond motifs is 1. The van der Waals surface area contributed by atoms with E-state index in [1.54, 1.807) is 23.6 Å². The molecule has 0 saturated carbocycles. The zero-order valence-corrected chi connectivity index (χ0v) is 19.3. The maximum absolute atomic E-state index is 12.4. The second-order valence-electron chi connectivity index (χ2n) is 9.28. The maximum Gasteiger partial charge on any atom is 0.410 e. The first-order chi connectivity index (χ1) is 15.3. The van der Waals surface area contributed by atoms with Crippen LogP contribution in [0.1, 0.15) is 45.6 Å². The number of nitrogens with one attached hydrogen (secondary N) is 1. The number of nitrogens with zero attached hydrogens (tertiary/aromatic N) is 5. The van der Waals surface area contributed by atoms with Crippen LogP contribution in [0.25, 0.3) is 0 Å². The lowest BCUT2D eigenvalue weighted by Crippen LogP contribution is -2.48. The average molecular weight is 441 g/mol. The van der Waals surface area contributed by atoms with E-state index in [1.165, 1.54) is 0 Å². The van der Waals surface area contributed by atoms with Gasteiger partial charge in [0, 0.05) is 31.9 Å². The third-order valence-corrected chi connectivity index (χ3v) is 5.70. The molecule has 1 fully saturated rings. The molecule has 32 heavy (non-hydrogen) atoms. The molecule has 2 aliphatic heterocycles. The molecule has 1 saturated heterocycles. The molecule has 0 aromatic carbocycles. The molecule has 0 unspecified atom stereocenters. The number of amides is 1. The Hall–Kier alpha value is -3.10. The van der Waals surface area contributed by atoms with Crippen LogP contribution in [0.2, 0.25) is 0 Å². The van der Waals surface area contributed by atoms with E-state index in [0.29, 0.717) is 31.3 Å². The van der Waals surface area contributed by atoms with Gasteiger partial charge < -0.3 is 24.6 Å². The number of carbonyl (C=O) groups excluding carboxylic acids is 1. The first-order valence-electron chi connectivity index (χ1n) is 11.2. The normalized spacial score (nSPS) is 17.2. The van der Waals surface area contributed by atoms with Gasteiger partial charge in [0.05, 0.1) is 18.5 Å². The van der Waals surface area contributed by atoms with Crippen molar-refractivity contribution in [1.82, 2.24) is 19.9 Å². The van der Waals surface area contributed by atoms with Crippen LogP contribution < -0.4 is 15.0 Å². The largest absolute Gasteiger partial charge is 0.486 e. The van der Waals surface area contributed by atoms with Gasteiger partial charge in [-0.1, -0.05) is 0 Å². The Bertz CT molecular complexity index is 953. The van der Waals surface area contributed by atoms with Crippen LogP contribution in [-0.4, -0.2) is 63.8 Å². The Labute approximate surface area is 189 Å². The van der Waals surface area contributed by atoms with Gasteiger partial charge in [-0.05, 0) is 58.6 Å². The van der Waals surface area contributed by atoms with E-state index in [4.69, 9.17) is 9.47 Å². The zero-order chi connectivity index (χ0) is 22.7. The molecule has 0 aliphatic carbocycles. The second-order valence-corrected chi connectivity index (χ2v) is 9.28. The van der Waals surface area contributed by atoms with E-state index in [0.717, 1.165) is 42.9 Å². The Balaban J connectivity index is 1.50. The summed E-state index contributed by atoms with van der Waals surface area (Å²) >= 11 is 0. The predicted molar refractivity (Wildman–Crippen MR) is 123 cm³/mol. The van der Waals surface area contributed by atoms with E-state index in [2.05, 4.69) is 25.2 Å². The van der Waals surface area contributed by atoms with Gasteiger partial charge in [-0.25, -0.2) is 14.8 Å². The van der Waals surface area contributed by atoms with Gasteiger partial charge in [-0.3, -0.25) is 4.98 Å². The predicted octanol–water partition coefficient (Wildman–Crippen LogP) is 3.91. The highest BCUT2D eigenvalue weighted by molar-refractivity contribution is 5.71. The highest BCUT2D eigenvalue weighted by atomic mass is 16.6. The van der Waals surface area contributed by atoms with Crippen molar-refractivity contribution in [2.75, 3.05) is 36.5 Å². The highest BCUT2D eigenvalue weighted by Gasteiger charge is 2.33. The number of hydrogen-bond acceptors (Lipinski definition) is 8. The Morgan fingerprint density at radius 3 is 2.72 bits per heavy atom. The molecule has 2 aromatic rings. The molecule has 0 atom stereocenters. The van der Waals surface area contributed by atoms with Crippen molar-refractivity contribution in [2.45, 2.75) is 58.6 Å². The molecule has 1 N–H and O–H groups in total. The summed E-state index contributed by atoms with van der Waals surface area (Å²) in [6.07, 6.45) is 7.49. The summed E-state index contributed by atoms with van der Waals surface area (Å²) in [5.41, 5.74) is 1.48. The first kappa shape index (κ1) is 22.1. The fourth-order valence-corrected chi connectivity index (χ4v) is 4.07. The smallest absolute Gasteiger partial charge is 0.410 e. The number of aryl methyl sites for hydroxylation is 1. The Morgan fingerprint density at radius 2 is 2.00 bits per heavy atom. The second kappa shape index (κ2) is 9.18. The SMILES string of the molecule is Cc1ccncc1Nc1ncnc2c1OCCCN2C1CCN(C(=O)OC(C)(C)C)CC1. The Kier molecular flexibility index (Phi) is 6.34. The van der Waals surface area contributed by atoms with E-state index in [1.807, 2.05) is 33.8 Å². The molecule has 0 bridgehead atoms. The molecule has 1 amide bonds. The summed E-state index contributed by atoms with van der Waals surface area (Å²) < 4.78 is 11.6. The van der Waals surface area contributed by atoms with Crippen LogP contribution in [-0.2, 0) is 4.74 Å². The molecule has 0 radical (unpaired) electrons. The summed E-state index contributed by atoms with van der Waals surface area (Å²) in [5, 5.41) is 3.36. The molecular formula is C23H32N6O3. The number of ether oxygens (including phenoxy) is 2. The van der Waals surface area contributed by atoms with Crippen LogP contribution >= 0.6 is 0 Å². The highest BCUT2D eigenvalue weighted by Crippen LogP contribution is 2.38. The summed E-state index contributed by atoms with van der Waals surface area (Å²) in [5.74, 6) is 2.12. The minimum Gasteiger partial charge on any atom is -0.486 e. The number of rotatable bonds is 3. The monoisotopic (exact) mass is 440 g/mol. The minimum absolute atomic E-state index is 0.240. The quantitative estimate of drug-likeness (QED) is 0.768. The number of aromatic nitrogens is 3. The van der Waals surface area contributed by atoms with E-state index in [9.17, 15) is 4.79 Å². The van der Waals surface area contributed by atoms with E-state index < -0.39 is 5.60 Å². The van der Waals surface area contributed by atoms with Crippen molar-refractivity contribution in [1.29, 1.82) is 0 Å². The van der Waals surface area contributed by atoms with Gasteiger partial charge in [0.2, 0.25) is 5.75 Å². The molecule has 2 aliphatic rings. The molecular weight excluding hydrogens is 408 g/mol. The maximum atomic E-state index is 12.4. The molecule has 172 valence electrons. The topological polar surface area (TPSA) is 92.7 Å². The number of hydrogen-bond donors (Lipinski definition) is 1. The summed E-state index contributed by atoms with van der Waals surface area (Å²) in [6, 6.07) is 2.23. The van der Waals surface area contributed by atoms with Crippen LogP contribution in [0, 0.1) is 6.92 Å². The number of piperidine rings is 1. The van der Waals surface area contributed by atoms with Gasteiger partial charge in [-0.15, -0.1) is 0 Å². The van der Waals surface area contributed by atoms with Crippen LogP contribution in [0.5, 0.6) is 5.75 Å². The van der Waals surface area contributed by atoms with Crippen molar-refractivity contribution in [2.24, 2.45) is 0 Å². The minimum atomic E-state index is -0.484. The van der Waals surface area contributed by atoms with Crippen molar-refractivity contribution < 1.29 is 14.3 Å². The van der Waals surface area contributed by atoms with Gasteiger partial charge in [0.1, 0.15) is 11.9 Å². The van der Waals surface area contributed by atoms with Crippen molar-refractivity contribution in [3.8, 4) is 5.75 Å². The fraction of sp³-hybridized carbons (Fsp3) is 0.565. The van der Waals surface area contributed by atoms with Crippen LogP contribution in [0.4, 0.5) is 22.1 Å². The van der Waals surface area contributed by atoms with Crippen LogP contribution in [0.15, 0.2) is 24.8 Å². The fourth-order valence-electron chi connectivity index (χ4n) is 4.07. The average Bonchev–Trinajstić information content (AvgIpc) is 2.98. The van der Waals surface area contributed by atoms with Crippen LogP contribution in [0.3, 0.4) is 0 Å². The van der Waals surface area contributed by atoms with E-state index in [-0.39, 0.29) is 12.1 Å². The van der Waals surface area contributed by atoms with Gasteiger partial charge in [0.25, 0.3) is 0 Å². The number of anilines is 3. The third kappa shape index (κ3) is 5.03. The van der Waals surface area contributed by atoms with Crippen molar-refractivity contribution >= 4 is 23.4 Å². The summed E-state index contributed by atoms with van der Waals surface area (Å²) in [6.45, 7) is 10.5. The summed E-state index contributed by atoms with van der Waals surface area (Å²) in [7, 11) is 0. The molecule has 9 nitrogen and oxygen atoms in total. The summed E-state index contributed by atoms with van der Waals surface area (Å²) in [4.78, 5) is 29.8. The lowest BCUT2D eigenvalue weighted by atomic mass is 10.0. The van der Waals surface area contributed by atoms with E-state index >= 15 is 0 Å². The lowest BCUT2D eigenvalue weighted by Gasteiger charge is -2.39. The van der Waals surface area contributed by atoms with Crippen molar-refractivity contribution in [3.05, 3.63) is 30.4 Å². The third-order valence-electron chi connectivity index (χ3n) is 5.70. The van der Waals surface area contributed by atoms with Crippen molar-refractivity contribution in [3.63, 3.8) is 0 Å². The number of likely N-dealkylation sites (tertiary alicyclic amines) is 1. The van der Waals surface area contributed by atoms with Gasteiger partial charge >= 0.3 is 6.09 Å². The number of carbonyl (C=O) groups is 1. The molecule has 4 heterocycles. The molecule has 0 spiro atoms. The Morgan fingerprint density at radius 1 is 1.22 bits per heavy atom. The molecule has 2 aromatic heterocycles. The van der Waals surface area contributed by atoms with Gasteiger partial charge in [0.15, 0.2) is 11.6 Å². The molecule has 9 heteroatoms. The zero-order valence-electron chi connectivity index (χ0n) is 19.3. The molecule has 4 rings (SSSR count). The first-order valence-corrected chi connectivity index (χ1v) is 11.2. The standard InChI is InChI=1S/C23H32N6O3/c1-16-6-9-24-14-18(16)27-20-19-21(26-15-25-20)29(10-5-13-31-19)17-7-11-28(12-8-17)22(30)32-23(2,3)4/h6,9,14-15,17H,5,7-8,10-13H2,1-4H3,(H,25,26,27).